The van der Waals surface area contributed by atoms with Crippen LogP contribution in [0.4, 0.5) is 11.5 Å². The third-order valence-corrected chi connectivity index (χ3v) is 4.02. The second kappa shape index (κ2) is 5.85. The molecule has 0 amide bonds. The van der Waals surface area contributed by atoms with E-state index in [4.69, 9.17) is 0 Å². The Labute approximate surface area is 129 Å². The standard InChI is InChI=1S/C14H13BrN4S/c1-2-3-13-18-12(15)7-14(19-13)17-9-4-5-10-11(6-9)20-8-16-10/h4-8H,2-3H2,1H3,(H,17,18,19). The van der Waals surface area contributed by atoms with E-state index in [1.165, 1.54) is 0 Å². The zero-order valence-electron chi connectivity index (χ0n) is 10.9. The minimum absolute atomic E-state index is 0.803. The van der Waals surface area contributed by atoms with Crippen molar-refractivity contribution in [1.82, 2.24) is 15.0 Å². The maximum absolute atomic E-state index is 4.52. The van der Waals surface area contributed by atoms with Gasteiger partial charge in [0.05, 0.1) is 15.7 Å². The highest BCUT2D eigenvalue weighted by atomic mass is 79.9. The van der Waals surface area contributed by atoms with Crippen molar-refractivity contribution < 1.29 is 0 Å². The van der Waals surface area contributed by atoms with E-state index in [9.17, 15) is 0 Å². The maximum atomic E-state index is 4.52. The Hall–Kier alpha value is -1.53. The van der Waals surface area contributed by atoms with E-state index in [1.807, 2.05) is 23.7 Å². The number of rotatable bonds is 4. The zero-order chi connectivity index (χ0) is 13.9. The smallest absolute Gasteiger partial charge is 0.135 e. The Bertz CT molecular complexity index is 741. The lowest BCUT2D eigenvalue weighted by Crippen LogP contribution is -2.00. The normalized spacial score (nSPS) is 10.9. The molecule has 0 bridgehead atoms. The summed E-state index contributed by atoms with van der Waals surface area (Å²) in [5, 5.41) is 3.32. The van der Waals surface area contributed by atoms with Crippen LogP contribution in [0.2, 0.25) is 0 Å². The minimum Gasteiger partial charge on any atom is -0.340 e. The highest BCUT2D eigenvalue weighted by Gasteiger charge is 2.04. The summed E-state index contributed by atoms with van der Waals surface area (Å²) in [4.78, 5) is 13.2. The number of aromatic nitrogens is 3. The second-order valence-electron chi connectivity index (χ2n) is 4.40. The van der Waals surface area contributed by atoms with Gasteiger partial charge >= 0.3 is 0 Å². The van der Waals surface area contributed by atoms with Crippen LogP contribution in [0.15, 0.2) is 34.4 Å². The van der Waals surface area contributed by atoms with Gasteiger partial charge in [-0.2, -0.15) is 0 Å². The molecule has 0 saturated heterocycles. The summed E-state index contributed by atoms with van der Waals surface area (Å²) >= 11 is 5.06. The highest BCUT2D eigenvalue weighted by molar-refractivity contribution is 9.10. The van der Waals surface area contributed by atoms with Crippen LogP contribution < -0.4 is 5.32 Å². The molecule has 0 aliphatic heterocycles. The quantitative estimate of drug-likeness (QED) is 0.703. The van der Waals surface area contributed by atoms with Crippen LogP contribution in [-0.4, -0.2) is 15.0 Å². The second-order valence-corrected chi connectivity index (χ2v) is 6.10. The van der Waals surface area contributed by atoms with Crippen molar-refractivity contribution in [2.75, 3.05) is 5.32 Å². The molecule has 1 aromatic carbocycles. The average molecular weight is 349 g/mol. The van der Waals surface area contributed by atoms with Crippen molar-refractivity contribution in [3.05, 3.63) is 40.2 Å². The number of halogens is 1. The van der Waals surface area contributed by atoms with E-state index in [0.29, 0.717) is 0 Å². The number of thiazole rings is 1. The van der Waals surface area contributed by atoms with E-state index in [1.54, 1.807) is 11.3 Å². The number of aryl methyl sites for hydroxylation is 1. The zero-order valence-corrected chi connectivity index (χ0v) is 13.3. The van der Waals surface area contributed by atoms with Crippen molar-refractivity contribution >= 4 is 49.0 Å². The van der Waals surface area contributed by atoms with Gasteiger partial charge in [0.2, 0.25) is 0 Å². The van der Waals surface area contributed by atoms with E-state index in [0.717, 1.165) is 45.0 Å². The van der Waals surface area contributed by atoms with E-state index < -0.39 is 0 Å². The summed E-state index contributed by atoms with van der Waals surface area (Å²) in [6.07, 6.45) is 1.91. The number of benzene rings is 1. The first-order valence-corrected chi connectivity index (χ1v) is 8.05. The fraction of sp³-hybridized carbons (Fsp3) is 0.214. The topological polar surface area (TPSA) is 50.7 Å². The molecule has 2 heterocycles. The molecule has 0 aliphatic rings. The fourth-order valence-corrected chi connectivity index (χ4v) is 3.08. The number of fused-ring (bicyclic) bond motifs is 1. The molecule has 1 N–H and O–H groups in total. The predicted octanol–water partition coefficient (Wildman–Crippen LogP) is 4.54. The lowest BCUT2D eigenvalue weighted by Gasteiger charge is -2.07. The van der Waals surface area contributed by atoms with Gasteiger partial charge in [-0.15, -0.1) is 11.3 Å². The molecule has 2 aromatic heterocycles. The lowest BCUT2D eigenvalue weighted by molar-refractivity contribution is 0.831. The molecule has 0 aliphatic carbocycles. The van der Waals surface area contributed by atoms with Crippen LogP contribution >= 0.6 is 27.3 Å². The minimum atomic E-state index is 0.803. The van der Waals surface area contributed by atoms with Gasteiger partial charge in [-0.25, -0.2) is 15.0 Å². The summed E-state index contributed by atoms with van der Waals surface area (Å²) in [5.74, 6) is 1.66. The van der Waals surface area contributed by atoms with Crippen LogP contribution in [0.5, 0.6) is 0 Å². The van der Waals surface area contributed by atoms with Gasteiger partial charge in [0.15, 0.2) is 0 Å². The number of hydrogen-bond donors (Lipinski definition) is 1. The molecule has 3 aromatic rings. The third kappa shape index (κ3) is 2.96. The first kappa shape index (κ1) is 13.5. The van der Waals surface area contributed by atoms with Crippen molar-refractivity contribution in [1.29, 1.82) is 0 Å². The molecule has 20 heavy (non-hydrogen) atoms. The number of anilines is 2. The van der Waals surface area contributed by atoms with Crippen molar-refractivity contribution in [2.45, 2.75) is 19.8 Å². The third-order valence-electron chi connectivity index (χ3n) is 2.82. The Morgan fingerprint density at radius 3 is 3.00 bits per heavy atom. The molecule has 0 saturated carbocycles. The van der Waals surface area contributed by atoms with Crippen molar-refractivity contribution in [2.24, 2.45) is 0 Å². The number of hydrogen-bond acceptors (Lipinski definition) is 5. The van der Waals surface area contributed by atoms with Gasteiger partial charge in [-0.05, 0) is 40.5 Å². The number of nitrogens with one attached hydrogen (secondary N) is 1. The Morgan fingerprint density at radius 1 is 1.25 bits per heavy atom. The van der Waals surface area contributed by atoms with Crippen LogP contribution in [-0.2, 0) is 6.42 Å². The molecule has 4 nitrogen and oxygen atoms in total. The van der Waals surface area contributed by atoms with Gasteiger partial charge in [0, 0.05) is 18.2 Å². The van der Waals surface area contributed by atoms with Crippen LogP contribution in [0.1, 0.15) is 19.2 Å². The maximum Gasteiger partial charge on any atom is 0.135 e. The van der Waals surface area contributed by atoms with Crippen LogP contribution in [0.25, 0.3) is 10.2 Å². The SMILES string of the molecule is CCCc1nc(Br)cc(Nc2ccc3ncsc3c2)n1. The van der Waals surface area contributed by atoms with E-state index in [2.05, 4.69) is 49.2 Å². The van der Waals surface area contributed by atoms with Gasteiger partial charge in [-0.1, -0.05) is 6.92 Å². The van der Waals surface area contributed by atoms with E-state index in [-0.39, 0.29) is 0 Å². The first-order chi connectivity index (χ1) is 9.74. The summed E-state index contributed by atoms with van der Waals surface area (Å²) in [6, 6.07) is 7.99. The molecule has 0 radical (unpaired) electrons. The highest BCUT2D eigenvalue weighted by Crippen LogP contribution is 2.24. The molecule has 3 rings (SSSR count). The number of nitrogens with zero attached hydrogens (tertiary/aromatic N) is 3. The Morgan fingerprint density at radius 2 is 2.15 bits per heavy atom. The van der Waals surface area contributed by atoms with Crippen molar-refractivity contribution in [3.8, 4) is 0 Å². The van der Waals surface area contributed by atoms with Crippen molar-refractivity contribution in [3.63, 3.8) is 0 Å². The van der Waals surface area contributed by atoms with E-state index >= 15 is 0 Å². The van der Waals surface area contributed by atoms with Crippen LogP contribution in [0.3, 0.4) is 0 Å². The first-order valence-electron chi connectivity index (χ1n) is 6.38. The molecule has 0 spiro atoms. The monoisotopic (exact) mass is 348 g/mol. The summed E-state index contributed by atoms with van der Waals surface area (Å²) in [7, 11) is 0. The predicted molar refractivity (Wildman–Crippen MR) is 86.6 cm³/mol. The molecule has 0 unspecified atom stereocenters. The average Bonchev–Trinajstić information content (AvgIpc) is 2.85. The summed E-state index contributed by atoms with van der Waals surface area (Å²) in [6.45, 7) is 2.12. The van der Waals surface area contributed by atoms with Gasteiger partial charge in [0.1, 0.15) is 16.2 Å². The Kier molecular flexibility index (Phi) is 3.93. The molecule has 102 valence electrons. The fourth-order valence-electron chi connectivity index (χ4n) is 1.94. The molecule has 6 heteroatoms. The van der Waals surface area contributed by atoms with Crippen LogP contribution in [0, 0.1) is 0 Å². The largest absolute Gasteiger partial charge is 0.340 e. The Balaban J connectivity index is 1.89. The molecule has 0 atom stereocenters. The molecular formula is C14H13BrN4S. The molecule has 0 fully saturated rings. The van der Waals surface area contributed by atoms with Gasteiger partial charge in [0.25, 0.3) is 0 Å². The van der Waals surface area contributed by atoms with Gasteiger partial charge < -0.3 is 5.32 Å². The lowest BCUT2D eigenvalue weighted by atomic mass is 10.3. The molecular weight excluding hydrogens is 336 g/mol. The summed E-state index contributed by atoms with van der Waals surface area (Å²) < 4.78 is 1.97. The summed E-state index contributed by atoms with van der Waals surface area (Å²) in [5.41, 5.74) is 3.89. The van der Waals surface area contributed by atoms with Gasteiger partial charge in [-0.3, -0.25) is 0 Å².